The maximum atomic E-state index is 11.5. The zero-order valence-electron chi connectivity index (χ0n) is 17.2. The Balaban J connectivity index is 1.56. The van der Waals surface area contributed by atoms with Crippen LogP contribution in [0.2, 0.25) is 0 Å². The number of carbonyl (C=O) groups excluding carboxylic acids is 2. The van der Waals surface area contributed by atoms with E-state index in [2.05, 4.69) is 13.2 Å². The van der Waals surface area contributed by atoms with Crippen molar-refractivity contribution >= 4 is 11.9 Å². The third-order valence-corrected chi connectivity index (χ3v) is 4.31. The van der Waals surface area contributed by atoms with Crippen LogP contribution in [0.15, 0.2) is 97.6 Å². The van der Waals surface area contributed by atoms with Gasteiger partial charge in [0.05, 0.1) is 0 Å². The van der Waals surface area contributed by atoms with Gasteiger partial charge in [-0.05, 0) is 60.0 Å². The van der Waals surface area contributed by atoms with Crippen molar-refractivity contribution in [3.05, 3.63) is 103 Å². The fraction of sp³-hybridized carbons (Fsp3) is 0.0769. The SMILES string of the molecule is C=CC(=O)Oc1ccc(-c2ccc(COc3ccc(OC(=O)C(=C)C)cc3)cc2)cc1. The van der Waals surface area contributed by atoms with Crippen LogP contribution in [0.4, 0.5) is 0 Å². The Morgan fingerprint density at radius 2 is 1.26 bits per heavy atom. The quantitative estimate of drug-likeness (QED) is 0.276. The molecule has 0 aromatic heterocycles. The van der Waals surface area contributed by atoms with Crippen LogP contribution in [0.3, 0.4) is 0 Å². The lowest BCUT2D eigenvalue weighted by molar-refractivity contribution is -0.130. The average Bonchev–Trinajstić information content (AvgIpc) is 2.79. The summed E-state index contributed by atoms with van der Waals surface area (Å²) in [7, 11) is 0. The molecule has 0 aliphatic heterocycles. The standard InChI is InChI=1S/C26H22O5/c1-4-25(27)30-23-11-9-21(10-12-23)20-7-5-19(6-8-20)17-29-22-13-15-24(16-14-22)31-26(28)18(2)3/h4-16H,1-2,17H2,3H3. The van der Waals surface area contributed by atoms with Crippen molar-refractivity contribution in [1.29, 1.82) is 0 Å². The molecule has 0 aliphatic carbocycles. The minimum Gasteiger partial charge on any atom is -0.489 e. The first kappa shape index (κ1) is 21.6. The lowest BCUT2D eigenvalue weighted by Gasteiger charge is -2.09. The van der Waals surface area contributed by atoms with E-state index in [1.807, 2.05) is 36.4 Å². The van der Waals surface area contributed by atoms with Gasteiger partial charge in [0.25, 0.3) is 0 Å². The number of carbonyl (C=O) groups is 2. The van der Waals surface area contributed by atoms with Gasteiger partial charge in [0.1, 0.15) is 23.9 Å². The van der Waals surface area contributed by atoms with E-state index in [1.54, 1.807) is 43.3 Å². The summed E-state index contributed by atoms with van der Waals surface area (Å²) >= 11 is 0. The summed E-state index contributed by atoms with van der Waals surface area (Å²) in [4.78, 5) is 22.8. The summed E-state index contributed by atoms with van der Waals surface area (Å²) in [6.45, 7) is 8.94. The summed E-state index contributed by atoms with van der Waals surface area (Å²) in [6.07, 6.45) is 1.13. The van der Waals surface area contributed by atoms with E-state index in [0.717, 1.165) is 22.8 Å². The van der Waals surface area contributed by atoms with E-state index >= 15 is 0 Å². The lowest BCUT2D eigenvalue weighted by Crippen LogP contribution is -2.07. The summed E-state index contributed by atoms with van der Waals surface area (Å²) in [5.74, 6) is 0.638. The van der Waals surface area contributed by atoms with Gasteiger partial charge in [0.2, 0.25) is 0 Å². The first-order valence-corrected chi connectivity index (χ1v) is 9.59. The van der Waals surface area contributed by atoms with Crippen molar-refractivity contribution in [2.45, 2.75) is 13.5 Å². The highest BCUT2D eigenvalue weighted by Gasteiger charge is 2.06. The van der Waals surface area contributed by atoms with E-state index < -0.39 is 11.9 Å². The average molecular weight is 414 g/mol. The van der Waals surface area contributed by atoms with Crippen molar-refractivity contribution < 1.29 is 23.8 Å². The van der Waals surface area contributed by atoms with E-state index in [1.165, 1.54) is 0 Å². The first-order chi connectivity index (χ1) is 14.9. The molecule has 5 heteroatoms. The molecule has 3 rings (SSSR count). The summed E-state index contributed by atoms with van der Waals surface area (Å²) in [5, 5.41) is 0. The molecule has 0 saturated heterocycles. The monoisotopic (exact) mass is 414 g/mol. The molecule has 0 spiro atoms. The maximum absolute atomic E-state index is 11.5. The molecule has 0 radical (unpaired) electrons. The normalized spacial score (nSPS) is 10.1. The van der Waals surface area contributed by atoms with Crippen LogP contribution >= 0.6 is 0 Å². The highest BCUT2D eigenvalue weighted by molar-refractivity contribution is 5.88. The van der Waals surface area contributed by atoms with Gasteiger partial charge in [-0.15, -0.1) is 0 Å². The molecule has 0 bridgehead atoms. The molecule has 3 aromatic carbocycles. The largest absolute Gasteiger partial charge is 0.489 e. The Hall–Kier alpha value is -4.12. The number of rotatable bonds is 8. The number of benzene rings is 3. The number of esters is 2. The smallest absolute Gasteiger partial charge is 0.338 e. The maximum Gasteiger partial charge on any atom is 0.338 e. The second kappa shape index (κ2) is 10.1. The van der Waals surface area contributed by atoms with Gasteiger partial charge in [0.15, 0.2) is 0 Å². The van der Waals surface area contributed by atoms with Gasteiger partial charge >= 0.3 is 11.9 Å². The van der Waals surface area contributed by atoms with Crippen LogP contribution in [0.1, 0.15) is 12.5 Å². The summed E-state index contributed by atoms with van der Waals surface area (Å²) in [5.41, 5.74) is 3.40. The van der Waals surface area contributed by atoms with E-state index in [4.69, 9.17) is 14.2 Å². The Morgan fingerprint density at radius 1 is 0.774 bits per heavy atom. The van der Waals surface area contributed by atoms with Crippen molar-refractivity contribution in [1.82, 2.24) is 0 Å². The lowest BCUT2D eigenvalue weighted by atomic mass is 10.0. The molecule has 0 atom stereocenters. The van der Waals surface area contributed by atoms with E-state index in [-0.39, 0.29) is 0 Å². The fourth-order valence-corrected chi connectivity index (χ4v) is 2.63. The molecule has 5 nitrogen and oxygen atoms in total. The fourth-order valence-electron chi connectivity index (χ4n) is 2.63. The molecule has 31 heavy (non-hydrogen) atoms. The van der Waals surface area contributed by atoms with Gasteiger partial charge in [0, 0.05) is 11.6 Å². The van der Waals surface area contributed by atoms with Gasteiger partial charge in [-0.1, -0.05) is 49.6 Å². The Kier molecular flexibility index (Phi) is 7.01. The third-order valence-electron chi connectivity index (χ3n) is 4.31. The van der Waals surface area contributed by atoms with Crippen molar-refractivity contribution in [3.63, 3.8) is 0 Å². The van der Waals surface area contributed by atoms with Crippen molar-refractivity contribution in [2.75, 3.05) is 0 Å². The second-order valence-electron chi connectivity index (χ2n) is 6.78. The van der Waals surface area contributed by atoms with Crippen molar-refractivity contribution in [3.8, 4) is 28.4 Å². The zero-order valence-corrected chi connectivity index (χ0v) is 17.2. The van der Waals surface area contributed by atoms with Crippen LogP contribution < -0.4 is 14.2 Å². The minimum atomic E-state index is -0.486. The predicted molar refractivity (Wildman–Crippen MR) is 119 cm³/mol. The predicted octanol–water partition coefficient (Wildman–Crippen LogP) is 5.51. The molecule has 0 unspecified atom stereocenters. The molecule has 0 heterocycles. The van der Waals surface area contributed by atoms with Gasteiger partial charge in [-0.3, -0.25) is 0 Å². The molecule has 156 valence electrons. The zero-order chi connectivity index (χ0) is 22.2. The molecule has 0 aliphatic rings. The van der Waals surface area contributed by atoms with Gasteiger partial charge in [-0.2, -0.15) is 0 Å². The molecule has 3 aromatic rings. The van der Waals surface area contributed by atoms with Crippen LogP contribution in [0.5, 0.6) is 17.2 Å². The van der Waals surface area contributed by atoms with Crippen LogP contribution in [0, 0.1) is 0 Å². The molecule has 0 N–H and O–H groups in total. The molecule has 0 fully saturated rings. The number of hydrogen-bond acceptors (Lipinski definition) is 5. The topological polar surface area (TPSA) is 61.8 Å². The van der Waals surface area contributed by atoms with E-state index in [0.29, 0.717) is 29.4 Å². The van der Waals surface area contributed by atoms with Crippen LogP contribution in [-0.4, -0.2) is 11.9 Å². The second-order valence-corrected chi connectivity index (χ2v) is 6.78. The third kappa shape index (κ3) is 6.18. The van der Waals surface area contributed by atoms with Gasteiger partial charge in [-0.25, -0.2) is 9.59 Å². The molecule has 0 amide bonds. The van der Waals surface area contributed by atoms with Crippen molar-refractivity contribution in [2.24, 2.45) is 0 Å². The molecular weight excluding hydrogens is 392 g/mol. The Morgan fingerprint density at radius 3 is 1.81 bits per heavy atom. The van der Waals surface area contributed by atoms with Gasteiger partial charge < -0.3 is 14.2 Å². The number of ether oxygens (including phenoxy) is 3. The summed E-state index contributed by atoms with van der Waals surface area (Å²) in [6, 6.07) is 22.1. The van der Waals surface area contributed by atoms with Crippen LogP contribution in [0.25, 0.3) is 11.1 Å². The van der Waals surface area contributed by atoms with Crippen LogP contribution in [-0.2, 0) is 16.2 Å². The van der Waals surface area contributed by atoms with E-state index in [9.17, 15) is 9.59 Å². The first-order valence-electron chi connectivity index (χ1n) is 9.59. The highest BCUT2D eigenvalue weighted by Crippen LogP contribution is 2.24. The highest BCUT2D eigenvalue weighted by atomic mass is 16.5. The molecular formula is C26H22O5. The minimum absolute atomic E-state index is 0.343. The number of hydrogen-bond donors (Lipinski definition) is 0. The summed E-state index contributed by atoms with van der Waals surface area (Å²) < 4.78 is 16.0. The molecule has 0 saturated carbocycles. The Labute approximate surface area is 181 Å². The Bertz CT molecular complexity index is 1080.